The van der Waals surface area contributed by atoms with Crippen LogP contribution in [0.2, 0.25) is 0 Å². The topological polar surface area (TPSA) is 74.3 Å². The average molecular weight is 344 g/mol. The Hall–Kier alpha value is -1.95. The number of aromatic nitrogens is 1. The van der Waals surface area contributed by atoms with Crippen molar-refractivity contribution in [3.63, 3.8) is 0 Å². The largest absolute Gasteiger partial charge is 0.353 e. The van der Waals surface area contributed by atoms with Crippen molar-refractivity contribution in [1.82, 2.24) is 15.2 Å². The summed E-state index contributed by atoms with van der Waals surface area (Å²) in [5.41, 5.74) is -0.411. The normalized spacial score (nSPS) is 24.8. The molecule has 0 radical (unpaired) electrons. The van der Waals surface area contributed by atoms with Crippen molar-refractivity contribution in [1.29, 1.82) is 0 Å². The van der Waals surface area contributed by atoms with Crippen LogP contribution in [0.3, 0.4) is 0 Å². The third-order valence-electron chi connectivity index (χ3n) is 5.31. The quantitative estimate of drug-likeness (QED) is 0.859. The Morgan fingerprint density at radius 1 is 1.28 bits per heavy atom. The lowest BCUT2D eigenvalue weighted by Gasteiger charge is -2.39. The van der Waals surface area contributed by atoms with Crippen LogP contribution >= 0.6 is 0 Å². The molecule has 25 heavy (non-hydrogen) atoms. The van der Waals surface area contributed by atoms with Crippen molar-refractivity contribution in [2.45, 2.75) is 51.5 Å². The van der Waals surface area contributed by atoms with Crippen LogP contribution in [0.4, 0.5) is 5.82 Å². The van der Waals surface area contributed by atoms with Crippen LogP contribution in [-0.4, -0.2) is 47.4 Å². The van der Waals surface area contributed by atoms with Gasteiger partial charge < -0.3 is 10.6 Å². The second-order valence-corrected chi connectivity index (χ2v) is 7.59. The van der Waals surface area contributed by atoms with Crippen molar-refractivity contribution in [2.75, 3.05) is 25.0 Å². The van der Waals surface area contributed by atoms with E-state index in [-0.39, 0.29) is 11.8 Å². The average Bonchev–Trinajstić information content (AvgIpc) is 3.08. The summed E-state index contributed by atoms with van der Waals surface area (Å²) in [5.74, 6) is 0.625. The summed E-state index contributed by atoms with van der Waals surface area (Å²) in [6, 6.07) is 5.77. The number of rotatable bonds is 5. The van der Waals surface area contributed by atoms with Gasteiger partial charge in [0.2, 0.25) is 11.8 Å². The third kappa shape index (κ3) is 4.78. The fourth-order valence-electron chi connectivity index (χ4n) is 3.92. The van der Waals surface area contributed by atoms with Gasteiger partial charge in [-0.15, -0.1) is 0 Å². The molecule has 1 atom stereocenters. The Bertz CT molecular complexity index is 601. The van der Waals surface area contributed by atoms with Gasteiger partial charge in [0.15, 0.2) is 0 Å². The molecular weight excluding hydrogens is 316 g/mol. The number of anilines is 1. The zero-order chi connectivity index (χ0) is 17.7. The number of carbonyl (C=O) groups excluding carboxylic acids is 2. The van der Waals surface area contributed by atoms with Crippen LogP contribution in [-0.2, 0) is 9.59 Å². The molecule has 136 valence electrons. The number of hydrogen-bond donors (Lipinski definition) is 2. The number of hydrogen-bond acceptors (Lipinski definition) is 4. The minimum Gasteiger partial charge on any atom is -0.353 e. The molecule has 0 unspecified atom stereocenters. The number of carbonyl (C=O) groups is 2. The van der Waals surface area contributed by atoms with Crippen LogP contribution in [0, 0.1) is 5.41 Å². The molecule has 1 saturated carbocycles. The van der Waals surface area contributed by atoms with Crippen molar-refractivity contribution in [3.05, 3.63) is 24.4 Å². The molecule has 1 aliphatic carbocycles. The first kappa shape index (κ1) is 17.9. The summed E-state index contributed by atoms with van der Waals surface area (Å²) in [6.45, 7) is 3.80. The molecule has 2 amide bonds. The predicted octanol–water partition coefficient (Wildman–Crippen LogP) is 2.18. The lowest BCUT2D eigenvalue weighted by molar-refractivity contribution is -0.135. The van der Waals surface area contributed by atoms with Crippen molar-refractivity contribution < 1.29 is 9.59 Å². The number of piperidine rings is 1. The van der Waals surface area contributed by atoms with Gasteiger partial charge in [0.05, 0.1) is 12.0 Å². The second kappa shape index (κ2) is 7.95. The van der Waals surface area contributed by atoms with Gasteiger partial charge in [-0.25, -0.2) is 4.98 Å². The Morgan fingerprint density at radius 3 is 2.80 bits per heavy atom. The van der Waals surface area contributed by atoms with Gasteiger partial charge in [0, 0.05) is 18.8 Å². The van der Waals surface area contributed by atoms with Crippen LogP contribution in [0.25, 0.3) is 0 Å². The van der Waals surface area contributed by atoms with Gasteiger partial charge in [0.1, 0.15) is 5.82 Å². The zero-order valence-electron chi connectivity index (χ0n) is 15.0. The van der Waals surface area contributed by atoms with Crippen LogP contribution in [0.5, 0.6) is 0 Å². The maximum atomic E-state index is 12.7. The first-order valence-electron chi connectivity index (χ1n) is 9.29. The van der Waals surface area contributed by atoms with E-state index < -0.39 is 5.41 Å². The van der Waals surface area contributed by atoms with E-state index in [2.05, 4.69) is 20.5 Å². The zero-order valence-corrected chi connectivity index (χ0v) is 15.0. The molecule has 2 N–H and O–H groups in total. The highest BCUT2D eigenvalue weighted by molar-refractivity contribution is 5.91. The molecule has 2 heterocycles. The highest BCUT2D eigenvalue weighted by atomic mass is 16.2. The Morgan fingerprint density at radius 2 is 2.08 bits per heavy atom. The van der Waals surface area contributed by atoms with Crippen molar-refractivity contribution in [3.8, 4) is 0 Å². The number of nitrogens with one attached hydrogen (secondary N) is 2. The predicted molar refractivity (Wildman–Crippen MR) is 97.0 cm³/mol. The summed E-state index contributed by atoms with van der Waals surface area (Å²) in [7, 11) is 0. The lowest BCUT2D eigenvalue weighted by Crippen LogP contribution is -2.53. The molecule has 2 fully saturated rings. The number of amides is 2. The van der Waals surface area contributed by atoms with E-state index in [1.165, 1.54) is 12.8 Å². The van der Waals surface area contributed by atoms with E-state index in [1.807, 2.05) is 19.1 Å². The molecule has 1 aromatic heterocycles. The summed E-state index contributed by atoms with van der Waals surface area (Å²) in [5, 5.41) is 6.04. The molecule has 1 saturated heterocycles. The Balaban J connectivity index is 1.52. The molecule has 1 aromatic rings. The molecule has 0 spiro atoms. The summed E-state index contributed by atoms with van der Waals surface area (Å²) in [4.78, 5) is 31.2. The van der Waals surface area contributed by atoms with Crippen molar-refractivity contribution >= 4 is 17.6 Å². The monoisotopic (exact) mass is 344 g/mol. The summed E-state index contributed by atoms with van der Waals surface area (Å²) >= 11 is 0. The maximum Gasteiger partial charge on any atom is 0.239 e. The van der Waals surface area contributed by atoms with Crippen molar-refractivity contribution in [2.24, 2.45) is 5.41 Å². The molecule has 3 rings (SSSR count). The van der Waals surface area contributed by atoms with Gasteiger partial charge >= 0.3 is 0 Å². The highest BCUT2D eigenvalue weighted by Crippen LogP contribution is 2.30. The lowest BCUT2D eigenvalue weighted by atomic mass is 9.80. The van der Waals surface area contributed by atoms with Gasteiger partial charge in [-0.2, -0.15) is 0 Å². The fourth-order valence-corrected chi connectivity index (χ4v) is 3.92. The van der Waals surface area contributed by atoms with E-state index in [0.717, 1.165) is 32.2 Å². The molecule has 0 bridgehead atoms. The van der Waals surface area contributed by atoms with E-state index in [1.54, 1.807) is 12.3 Å². The standard InChI is InChI=1S/C19H28N4O2/c1-19(18(25)21-15-7-2-3-8-15)10-6-12-23(14-19)13-17(24)22-16-9-4-5-11-20-16/h4-5,9,11,15H,2-3,6-8,10,12-14H2,1H3,(H,21,25)(H,20,22,24)/t19-/m1/s1. The Labute approximate surface area is 149 Å². The molecule has 6 heteroatoms. The Kier molecular flexibility index (Phi) is 5.68. The molecule has 6 nitrogen and oxygen atoms in total. The second-order valence-electron chi connectivity index (χ2n) is 7.59. The summed E-state index contributed by atoms with van der Waals surface area (Å²) in [6.07, 6.45) is 8.08. The highest BCUT2D eigenvalue weighted by Gasteiger charge is 2.39. The molecule has 2 aliphatic rings. The summed E-state index contributed by atoms with van der Waals surface area (Å²) < 4.78 is 0. The molecular formula is C19H28N4O2. The van der Waals surface area contributed by atoms with Gasteiger partial charge in [0.25, 0.3) is 0 Å². The van der Waals surface area contributed by atoms with Gasteiger partial charge in [-0.1, -0.05) is 18.9 Å². The smallest absolute Gasteiger partial charge is 0.239 e. The van der Waals surface area contributed by atoms with E-state index in [9.17, 15) is 9.59 Å². The molecule has 0 aromatic carbocycles. The third-order valence-corrected chi connectivity index (χ3v) is 5.31. The van der Waals surface area contributed by atoms with E-state index in [4.69, 9.17) is 0 Å². The first-order chi connectivity index (χ1) is 12.0. The number of nitrogens with zero attached hydrogens (tertiary/aromatic N) is 2. The maximum absolute atomic E-state index is 12.7. The van der Waals surface area contributed by atoms with Crippen LogP contribution in [0.15, 0.2) is 24.4 Å². The fraction of sp³-hybridized carbons (Fsp3) is 0.632. The minimum absolute atomic E-state index is 0.0841. The number of likely N-dealkylation sites (tertiary alicyclic amines) is 1. The van der Waals surface area contributed by atoms with Crippen LogP contribution < -0.4 is 10.6 Å². The van der Waals surface area contributed by atoms with Gasteiger partial charge in [-0.05, 0) is 51.3 Å². The molecule has 1 aliphatic heterocycles. The number of pyridine rings is 1. The minimum atomic E-state index is -0.411. The van der Waals surface area contributed by atoms with E-state index in [0.29, 0.717) is 24.9 Å². The first-order valence-corrected chi connectivity index (χ1v) is 9.29. The SMILES string of the molecule is C[C@@]1(C(=O)NC2CCCC2)CCCN(CC(=O)Nc2ccccn2)C1. The van der Waals surface area contributed by atoms with Gasteiger partial charge in [-0.3, -0.25) is 14.5 Å². The van der Waals surface area contributed by atoms with E-state index >= 15 is 0 Å². The van der Waals surface area contributed by atoms with Crippen LogP contribution in [0.1, 0.15) is 45.4 Å².